The Morgan fingerprint density at radius 2 is 1.77 bits per heavy atom. The zero-order valence-corrected chi connectivity index (χ0v) is 9.53. The van der Waals surface area contributed by atoms with Gasteiger partial charge >= 0.3 is 0 Å². The summed E-state index contributed by atoms with van der Waals surface area (Å²) in [6.45, 7) is 9.23. The largest absolute Gasteiger partial charge is 0.317 e. The quantitative estimate of drug-likeness (QED) is 0.639. The van der Waals surface area contributed by atoms with E-state index in [0.717, 1.165) is 17.9 Å². The van der Waals surface area contributed by atoms with Crippen molar-refractivity contribution in [2.45, 2.75) is 52.9 Å². The molecule has 0 bridgehead atoms. The molecule has 0 aliphatic heterocycles. The van der Waals surface area contributed by atoms with E-state index >= 15 is 0 Å². The van der Waals surface area contributed by atoms with Crippen molar-refractivity contribution in [3.63, 3.8) is 0 Å². The van der Waals surface area contributed by atoms with E-state index in [9.17, 15) is 0 Å². The topological polar surface area (TPSA) is 12.0 Å². The van der Waals surface area contributed by atoms with Crippen molar-refractivity contribution in [3.8, 4) is 0 Å². The molecule has 1 aliphatic carbocycles. The molecule has 1 heteroatoms. The molecule has 0 radical (unpaired) electrons. The fourth-order valence-corrected chi connectivity index (χ4v) is 2.77. The Bertz CT molecular complexity index is 136. The molecule has 0 spiro atoms. The summed E-state index contributed by atoms with van der Waals surface area (Å²) >= 11 is 0. The van der Waals surface area contributed by atoms with E-state index in [1.807, 2.05) is 0 Å². The Hall–Kier alpha value is -0.0400. The van der Waals surface area contributed by atoms with Gasteiger partial charge < -0.3 is 5.32 Å². The second-order valence-corrected chi connectivity index (χ2v) is 4.57. The van der Waals surface area contributed by atoms with Crippen LogP contribution in [0.15, 0.2) is 0 Å². The summed E-state index contributed by atoms with van der Waals surface area (Å²) in [7, 11) is 0. The van der Waals surface area contributed by atoms with Gasteiger partial charge in [0.05, 0.1) is 0 Å². The maximum Gasteiger partial charge on any atom is -0.00151 e. The average Bonchev–Trinajstić information content (AvgIpc) is 2.77. The highest BCUT2D eigenvalue weighted by Crippen LogP contribution is 2.58. The van der Waals surface area contributed by atoms with E-state index in [2.05, 4.69) is 26.1 Å². The summed E-state index contributed by atoms with van der Waals surface area (Å²) in [5.74, 6) is 0.993. The van der Waals surface area contributed by atoms with Crippen molar-refractivity contribution in [2.24, 2.45) is 11.3 Å². The second kappa shape index (κ2) is 4.99. The highest BCUT2D eigenvalue weighted by molar-refractivity contribution is 5.02. The molecule has 1 aliphatic rings. The number of hydrogen-bond acceptors (Lipinski definition) is 1. The van der Waals surface area contributed by atoms with Gasteiger partial charge in [-0.15, -0.1) is 0 Å². The van der Waals surface area contributed by atoms with Crippen molar-refractivity contribution in [1.82, 2.24) is 5.32 Å². The van der Waals surface area contributed by atoms with Crippen LogP contribution in [-0.4, -0.2) is 13.1 Å². The van der Waals surface area contributed by atoms with E-state index in [1.54, 1.807) is 0 Å². The Kier molecular flexibility index (Phi) is 4.24. The molecule has 0 amide bonds. The lowest BCUT2D eigenvalue weighted by atomic mass is 9.92. The molecule has 0 saturated heterocycles. The molecule has 78 valence electrons. The van der Waals surface area contributed by atoms with Gasteiger partial charge in [0, 0.05) is 0 Å². The lowest BCUT2D eigenvalue weighted by molar-refractivity contribution is 0.370. The van der Waals surface area contributed by atoms with Gasteiger partial charge in [0.1, 0.15) is 0 Å². The third-order valence-electron chi connectivity index (χ3n) is 3.50. The van der Waals surface area contributed by atoms with Gasteiger partial charge in [-0.25, -0.2) is 0 Å². The van der Waals surface area contributed by atoms with Crippen LogP contribution in [0.25, 0.3) is 0 Å². The molecule has 13 heavy (non-hydrogen) atoms. The van der Waals surface area contributed by atoms with E-state index < -0.39 is 0 Å². The van der Waals surface area contributed by atoms with E-state index in [1.165, 1.54) is 38.6 Å². The molecule has 0 aromatic rings. The minimum atomic E-state index is 0.756. The first kappa shape index (κ1) is 11.0. The smallest absolute Gasteiger partial charge is 0.00151 e. The van der Waals surface area contributed by atoms with Gasteiger partial charge in [-0.05, 0) is 43.7 Å². The zero-order valence-electron chi connectivity index (χ0n) is 9.53. The van der Waals surface area contributed by atoms with Gasteiger partial charge in [0.2, 0.25) is 0 Å². The number of rotatable bonds is 7. The molecule has 1 atom stereocenters. The molecule has 1 unspecified atom stereocenters. The van der Waals surface area contributed by atoms with Crippen molar-refractivity contribution in [3.05, 3.63) is 0 Å². The summed E-state index contributed by atoms with van der Waals surface area (Å²) in [5.41, 5.74) is 0.756. The highest BCUT2D eigenvalue weighted by atomic mass is 14.9. The van der Waals surface area contributed by atoms with E-state index in [0.29, 0.717) is 0 Å². The summed E-state index contributed by atoms with van der Waals surface area (Å²) in [5, 5.41) is 3.48. The Morgan fingerprint density at radius 3 is 2.23 bits per heavy atom. The molecule has 1 saturated carbocycles. The first-order valence-corrected chi connectivity index (χ1v) is 5.99. The fraction of sp³-hybridized carbons (Fsp3) is 1.00. The molecule has 0 heterocycles. The molecule has 1 nitrogen and oxygen atoms in total. The van der Waals surface area contributed by atoms with Crippen molar-refractivity contribution >= 4 is 0 Å². The lowest BCUT2D eigenvalue weighted by Crippen LogP contribution is -2.19. The van der Waals surface area contributed by atoms with Crippen LogP contribution in [0.4, 0.5) is 0 Å². The van der Waals surface area contributed by atoms with Crippen molar-refractivity contribution in [1.29, 1.82) is 0 Å². The molecule has 1 fully saturated rings. The highest BCUT2D eigenvalue weighted by Gasteiger charge is 2.51. The number of hydrogen-bond donors (Lipinski definition) is 1. The molecule has 1 N–H and O–H groups in total. The third-order valence-corrected chi connectivity index (χ3v) is 3.50. The monoisotopic (exact) mass is 183 g/mol. The third kappa shape index (κ3) is 2.70. The first-order valence-electron chi connectivity index (χ1n) is 5.99. The Labute approximate surface area is 83.3 Å². The molecule has 0 aromatic heterocycles. The predicted molar refractivity (Wildman–Crippen MR) is 58.9 cm³/mol. The zero-order chi connectivity index (χ0) is 9.73. The van der Waals surface area contributed by atoms with Crippen LogP contribution in [0.5, 0.6) is 0 Å². The maximum absolute atomic E-state index is 3.48. The van der Waals surface area contributed by atoms with Crippen molar-refractivity contribution < 1.29 is 0 Å². The van der Waals surface area contributed by atoms with Crippen LogP contribution in [0.2, 0.25) is 0 Å². The van der Waals surface area contributed by atoms with E-state index in [4.69, 9.17) is 0 Å². The second-order valence-electron chi connectivity index (χ2n) is 4.57. The van der Waals surface area contributed by atoms with E-state index in [-0.39, 0.29) is 0 Å². The normalized spacial score (nSPS) is 24.7. The van der Waals surface area contributed by atoms with Crippen LogP contribution in [-0.2, 0) is 0 Å². The summed E-state index contributed by atoms with van der Waals surface area (Å²) < 4.78 is 0. The van der Waals surface area contributed by atoms with Gasteiger partial charge in [0.25, 0.3) is 0 Å². The Morgan fingerprint density at radius 1 is 1.15 bits per heavy atom. The average molecular weight is 183 g/mol. The van der Waals surface area contributed by atoms with Gasteiger partial charge in [-0.3, -0.25) is 0 Å². The van der Waals surface area contributed by atoms with Crippen LogP contribution in [0, 0.1) is 11.3 Å². The maximum atomic E-state index is 3.48. The number of nitrogens with one attached hydrogen (secondary N) is 1. The first-order chi connectivity index (χ1) is 6.29. The van der Waals surface area contributed by atoms with Gasteiger partial charge in [-0.1, -0.05) is 33.6 Å². The minimum Gasteiger partial charge on any atom is -0.317 e. The molecular formula is C12H25N. The van der Waals surface area contributed by atoms with Crippen LogP contribution in [0.3, 0.4) is 0 Å². The fourth-order valence-electron chi connectivity index (χ4n) is 2.77. The summed E-state index contributed by atoms with van der Waals surface area (Å²) in [4.78, 5) is 0. The predicted octanol–water partition coefficient (Wildman–Crippen LogP) is 3.20. The molecule has 1 rings (SSSR count). The van der Waals surface area contributed by atoms with Crippen LogP contribution < -0.4 is 5.32 Å². The lowest BCUT2D eigenvalue weighted by Gasteiger charge is -2.15. The van der Waals surface area contributed by atoms with Crippen molar-refractivity contribution in [2.75, 3.05) is 13.1 Å². The summed E-state index contributed by atoms with van der Waals surface area (Å²) in [6.07, 6.45) is 7.13. The van der Waals surface area contributed by atoms with Gasteiger partial charge in [-0.2, -0.15) is 0 Å². The SMILES string of the molecule is CCCC1(CCC)CC1CNCC. The van der Waals surface area contributed by atoms with Gasteiger partial charge in [0.15, 0.2) is 0 Å². The Balaban J connectivity index is 2.28. The molecule has 0 aromatic carbocycles. The van der Waals surface area contributed by atoms with Crippen LogP contribution >= 0.6 is 0 Å². The minimum absolute atomic E-state index is 0.756. The molecular weight excluding hydrogens is 158 g/mol. The standard InChI is InChI=1S/C12H25N/c1-4-7-12(8-5-2)9-11(12)10-13-6-3/h11,13H,4-10H2,1-3H3. The summed E-state index contributed by atoms with van der Waals surface area (Å²) in [6, 6.07) is 0. The van der Waals surface area contributed by atoms with Crippen LogP contribution in [0.1, 0.15) is 52.9 Å².